The highest BCUT2D eigenvalue weighted by Crippen LogP contribution is 2.34. The highest BCUT2D eigenvalue weighted by Gasteiger charge is 2.33. The summed E-state index contributed by atoms with van der Waals surface area (Å²) in [5.74, 6) is -0.217. The molecule has 0 spiro atoms. The number of nitro benzene ring substituents is 1. The van der Waals surface area contributed by atoms with Gasteiger partial charge in [0.1, 0.15) is 5.69 Å². The molecule has 0 aromatic heterocycles. The zero-order valence-electron chi connectivity index (χ0n) is 13.4. The van der Waals surface area contributed by atoms with Gasteiger partial charge in [-0.25, -0.2) is 0 Å². The van der Waals surface area contributed by atoms with Crippen molar-refractivity contribution in [2.24, 2.45) is 0 Å². The number of nitrogens with zero attached hydrogens (tertiary/aromatic N) is 1. The number of hydrogen-bond donors (Lipinski definition) is 2. The Bertz CT molecular complexity index is 587. The average molecular weight is 347 g/mol. The molecule has 0 heterocycles. The highest BCUT2D eigenvalue weighted by atomic mass is 19.4. The lowest BCUT2D eigenvalue weighted by molar-refractivity contribution is -0.384. The minimum Gasteiger partial charge on any atom is -0.379 e. The molecule has 1 aromatic carbocycles. The van der Waals surface area contributed by atoms with Crippen LogP contribution < -0.4 is 10.6 Å². The number of alkyl halides is 3. The summed E-state index contributed by atoms with van der Waals surface area (Å²) < 4.78 is 37.8. The molecule has 9 heteroatoms. The van der Waals surface area contributed by atoms with Crippen LogP contribution in [0.4, 0.5) is 24.5 Å². The summed E-state index contributed by atoms with van der Waals surface area (Å²) in [5.41, 5.74) is -1.82. The van der Waals surface area contributed by atoms with E-state index < -0.39 is 22.4 Å². The molecule has 0 aliphatic carbocycles. The smallest absolute Gasteiger partial charge is 0.379 e. The number of halogens is 3. The third kappa shape index (κ3) is 5.71. The number of rotatable bonds is 8. The average Bonchev–Trinajstić information content (AvgIpc) is 2.51. The molecule has 2 N–H and O–H groups in total. The summed E-state index contributed by atoms with van der Waals surface area (Å²) in [6.07, 6.45) is -3.01. The van der Waals surface area contributed by atoms with E-state index in [1.165, 1.54) is 0 Å². The lowest BCUT2D eigenvalue weighted by Crippen LogP contribution is -2.34. The fourth-order valence-electron chi connectivity index (χ4n) is 2.11. The van der Waals surface area contributed by atoms with Crippen LogP contribution in [0.3, 0.4) is 0 Å². The van der Waals surface area contributed by atoms with Crippen molar-refractivity contribution in [2.45, 2.75) is 45.3 Å². The van der Waals surface area contributed by atoms with Gasteiger partial charge in [0.2, 0.25) is 5.91 Å². The molecule has 0 aliphatic rings. The van der Waals surface area contributed by atoms with Crippen LogP contribution in [0.1, 0.15) is 38.7 Å². The molecular formula is C15H20F3N3O3. The van der Waals surface area contributed by atoms with Crippen LogP contribution in [0.15, 0.2) is 18.2 Å². The summed E-state index contributed by atoms with van der Waals surface area (Å²) in [7, 11) is 0. The quantitative estimate of drug-likeness (QED) is 0.554. The molecule has 0 saturated heterocycles. The van der Waals surface area contributed by atoms with Crippen molar-refractivity contribution in [3.8, 4) is 0 Å². The zero-order chi connectivity index (χ0) is 18.3. The van der Waals surface area contributed by atoms with Crippen LogP contribution in [0.25, 0.3) is 0 Å². The van der Waals surface area contributed by atoms with E-state index in [1.54, 1.807) is 0 Å². The van der Waals surface area contributed by atoms with Crippen molar-refractivity contribution >= 4 is 17.3 Å². The van der Waals surface area contributed by atoms with Crippen molar-refractivity contribution in [1.82, 2.24) is 5.32 Å². The number of carbonyl (C=O) groups excluding carboxylic acids is 1. The van der Waals surface area contributed by atoms with Gasteiger partial charge in [0, 0.05) is 25.1 Å². The number of anilines is 1. The van der Waals surface area contributed by atoms with Crippen LogP contribution in [0, 0.1) is 10.1 Å². The van der Waals surface area contributed by atoms with Gasteiger partial charge in [-0.15, -0.1) is 0 Å². The Morgan fingerprint density at radius 2 is 1.92 bits per heavy atom. The predicted molar refractivity (Wildman–Crippen MR) is 83.7 cm³/mol. The van der Waals surface area contributed by atoms with Gasteiger partial charge in [0.15, 0.2) is 0 Å². The highest BCUT2D eigenvalue weighted by molar-refractivity contribution is 5.77. The van der Waals surface area contributed by atoms with Crippen molar-refractivity contribution in [1.29, 1.82) is 0 Å². The topological polar surface area (TPSA) is 84.3 Å². The van der Waals surface area contributed by atoms with E-state index in [-0.39, 0.29) is 30.6 Å². The molecule has 1 aromatic rings. The van der Waals surface area contributed by atoms with Crippen LogP contribution in [0.2, 0.25) is 0 Å². The molecule has 0 saturated carbocycles. The Morgan fingerprint density at radius 1 is 1.29 bits per heavy atom. The van der Waals surface area contributed by atoms with Crippen LogP contribution in [-0.4, -0.2) is 23.4 Å². The maximum absolute atomic E-state index is 12.6. The molecule has 24 heavy (non-hydrogen) atoms. The van der Waals surface area contributed by atoms with Gasteiger partial charge < -0.3 is 10.6 Å². The maximum Gasteiger partial charge on any atom is 0.416 e. The SMILES string of the molecule is CCC(CC)NC(=O)CCNc1ccc(C(F)(F)F)cc1[N+](=O)[O-]. The monoisotopic (exact) mass is 347 g/mol. The number of amides is 1. The van der Waals surface area contributed by atoms with Crippen molar-refractivity contribution < 1.29 is 22.9 Å². The third-order valence-corrected chi connectivity index (χ3v) is 3.54. The van der Waals surface area contributed by atoms with Gasteiger partial charge in [0.25, 0.3) is 5.69 Å². The summed E-state index contributed by atoms with van der Waals surface area (Å²) in [4.78, 5) is 21.8. The van der Waals surface area contributed by atoms with E-state index in [2.05, 4.69) is 10.6 Å². The third-order valence-electron chi connectivity index (χ3n) is 3.54. The van der Waals surface area contributed by atoms with Gasteiger partial charge in [0.05, 0.1) is 10.5 Å². The van der Waals surface area contributed by atoms with E-state index in [0.29, 0.717) is 6.07 Å². The van der Waals surface area contributed by atoms with Crippen LogP contribution in [-0.2, 0) is 11.0 Å². The normalized spacial score (nSPS) is 11.4. The molecule has 0 radical (unpaired) electrons. The van der Waals surface area contributed by atoms with Gasteiger partial charge in [-0.1, -0.05) is 13.8 Å². The minimum atomic E-state index is -4.65. The van der Waals surface area contributed by atoms with Crippen LogP contribution in [0.5, 0.6) is 0 Å². The Morgan fingerprint density at radius 3 is 2.42 bits per heavy atom. The summed E-state index contributed by atoms with van der Waals surface area (Å²) in [6, 6.07) is 2.31. The number of nitrogens with one attached hydrogen (secondary N) is 2. The first-order valence-corrected chi connectivity index (χ1v) is 7.57. The molecular weight excluding hydrogens is 327 g/mol. The second-order valence-electron chi connectivity index (χ2n) is 5.24. The maximum atomic E-state index is 12.6. The lowest BCUT2D eigenvalue weighted by atomic mass is 10.1. The van der Waals surface area contributed by atoms with Gasteiger partial charge >= 0.3 is 6.18 Å². The Kier molecular flexibility index (Phi) is 6.99. The van der Waals surface area contributed by atoms with E-state index in [1.807, 2.05) is 13.8 Å². The van der Waals surface area contributed by atoms with E-state index in [9.17, 15) is 28.1 Å². The molecule has 0 bridgehead atoms. The molecule has 134 valence electrons. The first kappa shape index (κ1) is 19.7. The molecule has 0 aliphatic heterocycles. The summed E-state index contributed by atoms with van der Waals surface area (Å²) in [5, 5.41) is 16.4. The molecule has 0 fully saturated rings. The van der Waals surface area contributed by atoms with E-state index in [4.69, 9.17) is 0 Å². The number of benzene rings is 1. The summed E-state index contributed by atoms with van der Waals surface area (Å²) in [6.45, 7) is 3.97. The molecule has 6 nitrogen and oxygen atoms in total. The Labute approximate surface area is 137 Å². The second-order valence-corrected chi connectivity index (χ2v) is 5.24. The largest absolute Gasteiger partial charge is 0.416 e. The number of hydrogen-bond acceptors (Lipinski definition) is 4. The van der Waals surface area contributed by atoms with Crippen LogP contribution >= 0.6 is 0 Å². The van der Waals surface area contributed by atoms with Crippen molar-refractivity contribution in [3.05, 3.63) is 33.9 Å². The fraction of sp³-hybridized carbons (Fsp3) is 0.533. The lowest BCUT2D eigenvalue weighted by Gasteiger charge is -2.15. The summed E-state index contributed by atoms with van der Waals surface area (Å²) >= 11 is 0. The van der Waals surface area contributed by atoms with Crippen molar-refractivity contribution in [2.75, 3.05) is 11.9 Å². The van der Waals surface area contributed by atoms with Gasteiger partial charge in [-0.05, 0) is 25.0 Å². The second kappa shape index (κ2) is 8.51. The van der Waals surface area contributed by atoms with E-state index in [0.717, 1.165) is 25.0 Å². The van der Waals surface area contributed by atoms with Gasteiger partial charge in [-0.3, -0.25) is 14.9 Å². The number of nitro groups is 1. The predicted octanol–water partition coefficient (Wildman–Crippen LogP) is 3.72. The first-order chi connectivity index (χ1) is 11.2. The fourth-order valence-corrected chi connectivity index (χ4v) is 2.11. The first-order valence-electron chi connectivity index (χ1n) is 7.57. The Balaban J connectivity index is 2.71. The van der Waals surface area contributed by atoms with E-state index >= 15 is 0 Å². The standard InChI is InChI=1S/C15H20F3N3O3/c1-3-11(4-2)20-14(22)7-8-19-12-6-5-10(15(16,17)18)9-13(12)21(23)24/h5-6,9,11,19H,3-4,7-8H2,1-2H3,(H,20,22). The number of carbonyl (C=O) groups is 1. The minimum absolute atomic E-state index is 0.0525. The molecule has 0 unspecified atom stereocenters. The Hall–Kier alpha value is -2.32. The van der Waals surface area contributed by atoms with Gasteiger partial charge in [-0.2, -0.15) is 13.2 Å². The zero-order valence-corrected chi connectivity index (χ0v) is 13.4. The van der Waals surface area contributed by atoms with Crippen molar-refractivity contribution in [3.63, 3.8) is 0 Å². The molecule has 1 rings (SSSR count). The molecule has 1 amide bonds. The molecule has 0 atom stereocenters.